The molecule has 0 aliphatic rings. The van der Waals surface area contributed by atoms with E-state index < -0.39 is 5.41 Å². The quantitative estimate of drug-likeness (QED) is 0.470. The zero-order valence-electron chi connectivity index (χ0n) is 13.5. The molecule has 0 amide bonds. The summed E-state index contributed by atoms with van der Waals surface area (Å²) in [5.41, 5.74) is 0.615. The molecular formula is C20H18O5. The van der Waals surface area contributed by atoms with Gasteiger partial charge in [0.25, 0.3) is 0 Å². The Hall–Kier alpha value is -3.34. The third-order valence-corrected chi connectivity index (χ3v) is 4.48. The third-order valence-electron chi connectivity index (χ3n) is 4.48. The van der Waals surface area contributed by atoms with Gasteiger partial charge in [-0.3, -0.25) is 0 Å². The zero-order valence-corrected chi connectivity index (χ0v) is 13.5. The van der Waals surface area contributed by atoms with Gasteiger partial charge in [-0.15, -0.1) is 0 Å². The average Bonchev–Trinajstić information content (AvgIpc) is 2.54. The minimum atomic E-state index is -0.997. The molecule has 3 rings (SSSR count). The fraction of sp³-hybridized carbons (Fsp3) is 0.100. The van der Waals surface area contributed by atoms with Gasteiger partial charge < -0.3 is 25.5 Å². The molecule has 0 saturated carbocycles. The van der Waals surface area contributed by atoms with Crippen LogP contribution in [0.3, 0.4) is 0 Å². The fourth-order valence-corrected chi connectivity index (χ4v) is 3.14. The maximum Gasteiger partial charge on any atom is 0.123 e. The zero-order chi connectivity index (χ0) is 18.2. The standard InChI is InChI=1S/C20H18O5/c1-20(12-2-4-13(21)5-3-12,16-8-6-14(22)10-18(16)24)17-9-7-15(23)11-19(17)25/h2-11,21-25H,1H3. The minimum Gasteiger partial charge on any atom is -0.508 e. The first-order chi connectivity index (χ1) is 11.8. The molecule has 0 aromatic heterocycles. The van der Waals surface area contributed by atoms with Gasteiger partial charge in [-0.1, -0.05) is 24.3 Å². The molecule has 0 bridgehead atoms. The minimum absolute atomic E-state index is 0.0794. The molecule has 0 atom stereocenters. The van der Waals surface area contributed by atoms with Gasteiger partial charge >= 0.3 is 0 Å². The molecule has 0 fully saturated rings. The van der Waals surface area contributed by atoms with Crippen LogP contribution in [0.2, 0.25) is 0 Å². The summed E-state index contributed by atoms with van der Waals surface area (Å²) in [5.74, 6) is -0.337. The van der Waals surface area contributed by atoms with Crippen molar-refractivity contribution in [3.05, 3.63) is 77.4 Å². The molecule has 25 heavy (non-hydrogen) atoms. The van der Waals surface area contributed by atoms with Gasteiger partial charge in [-0.25, -0.2) is 0 Å². The lowest BCUT2D eigenvalue weighted by Gasteiger charge is -2.33. The van der Waals surface area contributed by atoms with Gasteiger partial charge in [0.1, 0.15) is 28.7 Å². The number of phenolic OH excluding ortho intramolecular Hbond substituents is 5. The second-order valence-electron chi connectivity index (χ2n) is 6.07. The van der Waals surface area contributed by atoms with Gasteiger partial charge in [0, 0.05) is 28.7 Å². The summed E-state index contributed by atoms with van der Waals surface area (Å²) in [7, 11) is 0. The molecule has 0 unspecified atom stereocenters. The maximum absolute atomic E-state index is 10.4. The van der Waals surface area contributed by atoms with E-state index in [1.807, 2.05) is 0 Å². The number of aromatic hydroxyl groups is 5. The van der Waals surface area contributed by atoms with E-state index in [1.165, 1.54) is 36.4 Å². The van der Waals surface area contributed by atoms with E-state index in [0.717, 1.165) is 0 Å². The van der Waals surface area contributed by atoms with Crippen molar-refractivity contribution in [2.45, 2.75) is 12.3 Å². The van der Waals surface area contributed by atoms with Gasteiger partial charge in [0.2, 0.25) is 0 Å². The predicted octanol–water partition coefficient (Wildman–Crippen LogP) is 3.57. The Balaban J connectivity index is 2.33. The first-order valence-electron chi connectivity index (χ1n) is 7.67. The lowest BCUT2D eigenvalue weighted by molar-refractivity contribution is 0.427. The lowest BCUT2D eigenvalue weighted by Crippen LogP contribution is -2.25. The van der Waals surface area contributed by atoms with Crippen molar-refractivity contribution in [1.82, 2.24) is 0 Å². The molecule has 0 heterocycles. The second kappa shape index (κ2) is 5.94. The van der Waals surface area contributed by atoms with Crippen LogP contribution >= 0.6 is 0 Å². The van der Waals surface area contributed by atoms with Crippen molar-refractivity contribution in [2.24, 2.45) is 0 Å². The lowest BCUT2D eigenvalue weighted by atomic mass is 9.70. The summed E-state index contributed by atoms with van der Waals surface area (Å²) >= 11 is 0. The van der Waals surface area contributed by atoms with E-state index in [1.54, 1.807) is 31.2 Å². The molecular weight excluding hydrogens is 320 g/mol. The molecule has 0 spiro atoms. The van der Waals surface area contributed by atoms with E-state index in [0.29, 0.717) is 16.7 Å². The molecule has 3 aromatic rings. The van der Waals surface area contributed by atoms with Gasteiger partial charge in [-0.05, 0) is 36.8 Å². The third kappa shape index (κ3) is 2.80. The number of hydrogen-bond donors (Lipinski definition) is 5. The SMILES string of the molecule is CC(c1ccc(O)cc1)(c1ccc(O)cc1O)c1ccc(O)cc1O. The molecule has 0 aliphatic heterocycles. The van der Waals surface area contributed by atoms with Crippen LogP contribution < -0.4 is 0 Å². The number of benzene rings is 3. The smallest absolute Gasteiger partial charge is 0.123 e. The van der Waals surface area contributed by atoms with Crippen LogP contribution in [0.4, 0.5) is 0 Å². The Labute approximate surface area is 144 Å². The molecule has 5 N–H and O–H groups in total. The first-order valence-corrected chi connectivity index (χ1v) is 7.67. The summed E-state index contributed by atoms with van der Waals surface area (Å²) in [6.45, 7) is 1.80. The largest absolute Gasteiger partial charge is 0.508 e. The van der Waals surface area contributed by atoms with Crippen molar-refractivity contribution >= 4 is 0 Å². The van der Waals surface area contributed by atoms with E-state index in [2.05, 4.69) is 0 Å². The summed E-state index contributed by atoms with van der Waals surface area (Å²) in [6, 6.07) is 14.9. The summed E-state index contributed by atoms with van der Waals surface area (Å²) in [6.07, 6.45) is 0. The first kappa shape index (κ1) is 16.5. The highest BCUT2D eigenvalue weighted by molar-refractivity contribution is 5.59. The number of hydrogen-bond acceptors (Lipinski definition) is 5. The Morgan fingerprint density at radius 3 is 1.36 bits per heavy atom. The topological polar surface area (TPSA) is 101 Å². The Kier molecular flexibility index (Phi) is 3.93. The van der Waals surface area contributed by atoms with Gasteiger partial charge in [0.05, 0.1) is 0 Å². The highest BCUT2D eigenvalue weighted by Crippen LogP contribution is 2.47. The van der Waals surface area contributed by atoms with Crippen LogP contribution in [-0.2, 0) is 5.41 Å². The molecule has 5 heteroatoms. The van der Waals surface area contributed by atoms with Crippen molar-refractivity contribution in [3.63, 3.8) is 0 Å². The Morgan fingerprint density at radius 1 is 0.560 bits per heavy atom. The van der Waals surface area contributed by atoms with Crippen molar-refractivity contribution in [2.75, 3.05) is 0 Å². The fourth-order valence-electron chi connectivity index (χ4n) is 3.14. The predicted molar refractivity (Wildman–Crippen MR) is 93.2 cm³/mol. The van der Waals surface area contributed by atoms with Crippen molar-refractivity contribution in [3.8, 4) is 28.7 Å². The summed E-state index contributed by atoms with van der Waals surface area (Å²) in [5, 5.41) is 49.6. The van der Waals surface area contributed by atoms with Crippen LogP contribution in [0.1, 0.15) is 23.6 Å². The summed E-state index contributed by atoms with van der Waals surface area (Å²) in [4.78, 5) is 0. The molecule has 0 radical (unpaired) electrons. The number of rotatable bonds is 3. The van der Waals surface area contributed by atoms with E-state index in [4.69, 9.17) is 0 Å². The van der Waals surface area contributed by atoms with E-state index in [-0.39, 0.29) is 28.7 Å². The summed E-state index contributed by atoms with van der Waals surface area (Å²) < 4.78 is 0. The Morgan fingerprint density at radius 2 is 0.960 bits per heavy atom. The van der Waals surface area contributed by atoms with Crippen LogP contribution in [0.5, 0.6) is 28.7 Å². The monoisotopic (exact) mass is 338 g/mol. The van der Waals surface area contributed by atoms with Crippen molar-refractivity contribution in [1.29, 1.82) is 0 Å². The van der Waals surface area contributed by atoms with Gasteiger partial charge in [0.15, 0.2) is 0 Å². The van der Waals surface area contributed by atoms with E-state index in [9.17, 15) is 25.5 Å². The Bertz CT molecular complexity index is 864. The average molecular weight is 338 g/mol. The van der Waals surface area contributed by atoms with Crippen molar-refractivity contribution < 1.29 is 25.5 Å². The van der Waals surface area contributed by atoms with Crippen LogP contribution in [0.15, 0.2) is 60.7 Å². The highest BCUT2D eigenvalue weighted by Gasteiger charge is 2.36. The van der Waals surface area contributed by atoms with Crippen LogP contribution in [-0.4, -0.2) is 25.5 Å². The van der Waals surface area contributed by atoms with E-state index >= 15 is 0 Å². The normalized spacial score (nSPS) is 11.4. The highest BCUT2D eigenvalue weighted by atomic mass is 16.3. The maximum atomic E-state index is 10.4. The van der Waals surface area contributed by atoms with Crippen LogP contribution in [0, 0.1) is 0 Å². The molecule has 0 aliphatic carbocycles. The molecule has 3 aromatic carbocycles. The van der Waals surface area contributed by atoms with Crippen LogP contribution in [0.25, 0.3) is 0 Å². The number of phenols is 5. The van der Waals surface area contributed by atoms with Gasteiger partial charge in [-0.2, -0.15) is 0 Å². The molecule has 128 valence electrons. The molecule has 0 saturated heterocycles. The second-order valence-corrected chi connectivity index (χ2v) is 6.07. The molecule has 5 nitrogen and oxygen atoms in total.